The summed E-state index contributed by atoms with van der Waals surface area (Å²) in [5.74, 6) is -0.459. The van der Waals surface area contributed by atoms with Crippen LogP contribution in [-0.2, 0) is 19.7 Å². The minimum absolute atomic E-state index is 0.0642. The van der Waals surface area contributed by atoms with Crippen LogP contribution in [0.2, 0.25) is 0 Å². The summed E-state index contributed by atoms with van der Waals surface area (Å²) in [6.07, 6.45) is 2.35. The number of hydrazine groups is 1. The average molecular weight is 442 g/mol. The van der Waals surface area contributed by atoms with Crippen LogP contribution in [-0.4, -0.2) is 60.0 Å². The van der Waals surface area contributed by atoms with Gasteiger partial charge in [-0.15, -0.1) is 0 Å². The van der Waals surface area contributed by atoms with E-state index in [-0.39, 0.29) is 11.5 Å². The second-order valence-electron chi connectivity index (χ2n) is 8.66. The van der Waals surface area contributed by atoms with Crippen molar-refractivity contribution in [2.45, 2.75) is 38.6 Å². The minimum Gasteiger partial charge on any atom is -0.462 e. The number of rotatable bonds is 6. The second kappa shape index (κ2) is 9.82. The van der Waals surface area contributed by atoms with Crippen molar-refractivity contribution in [3.8, 4) is 0 Å². The lowest BCUT2D eigenvalue weighted by Gasteiger charge is -2.20. The molecule has 2 aromatic rings. The molecule has 4 N–H and O–H groups in total. The van der Waals surface area contributed by atoms with Gasteiger partial charge in [0.25, 0.3) is 0 Å². The van der Waals surface area contributed by atoms with E-state index in [9.17, 15) is 9.59 Å². The molecule has 1 atom stereocenters. The molecule has 1 aromatic carbocycles. The van der Waals surface area contributed by atoms with Gasteiger partial charge in [-0.2, -0.15) is 4.98 Å². The number of hydrogen-bond donors (Lipinski definition) is 4. The molecular formula is C22H31N7O3. The van der Waals surface area contributed by atoms with Gasteiger partial charge in [0.1, 0.15) is 5.69 Å². The first-order valence-electron chi connectivity index (χ1n) is 10.5. The molecule has 172 valence electrons. The van der Waals surface area contributed by atoms with Gasteiger partial charge in [0.05, 0.1) is 13.3 Å². The zero-order valence-corrected chi connectivity index (χ0v) is 19.2. The van der Waals surface area contributed by atoms with Crippen LogP contribution in [0, 0.1) is 0 Å². The van der Waals surface area contributed by atoms with E-state index in [4.69, 9.17) is 0 Å². The molecule has 0 radical (unpaired) electrons. The Bertz CT molecular complexity index is 957. The third kappa shape index (κ3) is 5.64. The third-order valence-electron chi connectivity index (χ3n) is 5.23. The molecule has 10 heteroatoms. The lowest BCUT2D eigenvalue weighted by atomic mass is 9.87. The lowest BCUT2D eigenvalue weighted by molar-refractivity contribution is -0.157. The SMILES string of the molecule is CNNc1cnc(NC2CCN(C(=O)C(=O)OC)C2)nc1Nc1ccc(C(C)(C)C)cc1. The smallest absolute Gasteiger partial charge is 0.396 e. The molecule has 1 aliphatic rings. The predicted molar refractivity (Wildman–Crippen MR) is 124 cm³/mol. The van der Waals surface area contributed by atoms with Crippen LogP contribution in [0.25, 0.3) is 0 Å². The van der Waals surface area contributed by atoms with Gasteiger partial charge in [0.15, 0.2) is 5.82 Å². The normalized spacial score (nSPS) is 15.9. The van der Waals surface area contributed by atoms with E-state index >= 15 is 0 Å². The average Bonchev–Trinajstić information content (AvgIpc) is 3.22. The Morgan fingerprint density at radius 2 is 1.91 bits per heavy atom. The van der Waals surface area contributed by atoms with Crippen LogP contribution in [0.3, 0.4) is 0 Å². The van der Waals surface area contributed by atoms with Crippen molar-refractivity contribution in [3.63, 3.8) is 0 Å². The highest BCUT2D eigenvalue weighted by atomic mass is 16.5. The molecule has 2 heterocycles. The van der Waals surface area contributed by atoms with Crippen LogP contribution < -0.4 is 21.5 Å². The molecule has 1 aliphatic heterocycles. The highest BCUT2D eigenvalue weighted by molar-refractivity contribution is 6.32. The fraction of sp³-hybridized carbons (Fsp3) is 0.455. The minimum atomic E-state index is -0.853. The summed E-state index contributed by atoms with van der Waals surface area (Å²) in [4.78, 5) is 33.9. The molecule has 1 amide bonds. The van der Waals surface area contributed by atoms with Crippen molar-refractivity contribution in [3.05, 3.63) is 36.0 Å². The molecule has 0 saturated carbocycles. The number of nitrogens with zero attached hydrogens (tertiary/aromatic N) is 3. The molecule has 1 aromatic heterocycles. The van der Waals surface area contributed by atoms with E-state index in [1.165, 1.54) is 17.6 Å². The fourth-order valence-electron chi connectivity index (χ4n) is 3.42. The Balaban J connectivity index is 1.72. The van der Waals surface area contributed by atoms with Gasteiger partial charge in [-0.25, -0.2) is 15.2 Å². The second-order valence-corrected chi connectivity index (χ2v) is 8.66. The molecule has 3 rings (SSSR count). The molecule has 1 unspecified atom stereocenters. The molecule has 0 spiro atoms. The fourth-order valence-corrected chi connectivity index (χ4v) is 3.42. The molecule has 32 heavy (non-hydrogen) atoms. The van der Waals surface area contributed by atoms with Gasteiger partial charge in [0, 0.05) is 31.9 Å². The standard InChI is InChI=1S/C22H31N7O3/c1-22(2,3)14-6-8-15(9-7-14)25-18-17(28-23-4)12-24-21(27-18)26-16-10-11-29(13-16)19(30)20(31)32-5/h6-9,12,16,23,28H,10-11,13H2,1-5H3,(H2,24,25,26,27). The number of likely N-dealkylation sites (tertiary alicyclic amines) is 1. The number of methoxy groups -OCH3 is 1. The zero-order valence-electron chi connectivity index (χ0n) is 19.2. The van der Waals surface area contributed by atoms with E-state index in [0.717, 1.165) is 5.69 Å². The third-order valence-corrected chi connectivity index (χ3v) is 5.23. The first kappa shape index (κ1) is 23.3. The van der Waals surface area contributed by atoms with Gasteiger partial charge in [-0.3, -0.25) is 4.79 Å². The van der Waals surface area contributed by atoms with Crippen molar-refractivity contribution in [2.75, 3.05) is 43.3 Å². The van der Waals surface area contributed by atoms with Crippen LogP contribution in [0.1, 0.15) is 32.8 Å². The Hall–Kier alpha value is -3.40. The number of hydrogen-bond acceptors (Lipinski definition) is 9. The van der Waals surface area contributed by atoms with Crippen LogP contribution in [0.15, 0.2) is 30.5 Å². The number of amides is 1. The van der Waals surface area contributed by atoms with Gasteiger partial charge in [-0.1, -0.05) is 32.9 Å². The first-order valence-corrected chi connectivity index (χ1v) is 10.5. The summed E-state index contributed by atoms with van der Waals surface area (Å²) in [6, 6.07) is 8.17. The number of carbonyl (C=O) groups is 2. The van der Waals surface area contributed by atoms with Gasteiger partial charge in [-0.05, 0) is 29.5 Å². The number of aromatic nitrogens is 2. The summed E-state index contributed by atoms with van der Waals surface area (Å²) >= 11 is 0. The number of nitrogens with one attached hydrogen (secondary N) is 4. The maximum Gasteiger partial charge on any atom is 0.396 e. The van der Waals surface area contributed by atoms with Crippen molar-refractivity contribution in [1.82, 2.24) is 20.3 Å². The van der Waals surface area contributed by atoms with Gasteiger partial charge >= 0.3 is 11.9 Å². The lowest BCUT2D eigenvalue weighted by Crippen LogP contribution is -2.37. The van der Waals surface area contributed by atoms with Crippen molar-refractivity contribution >= 4 is 35.0 Å². The number of ether oxygens (including phenoxy) is 1. The number of benzene rings is 1. The van der Waals surface area contributed by atoms with E-state index in [0.29, 0.717) is 37.0 Å². The van der Waals surface area contributed by atoms with E-state index in [2.05, 4.69) is 69.1 Å². The Kier molecular flexibility index (Phi) is 7.14. The number of anilines is 4. The summed E-state index contributed by atoms with van der Waals surface area (Å²) in [6.45, 7) is 7.38. The van der Waals surface area contributed by atoms with E-state index < -0.39 is 11.9 Å². The summed E-state index contributed by atoms with van der Waals surface area (Å²) in [7, 11) is 2.96. The Labute approximate surface area is 188 Å². The molecular weight excluding hydrogens is 410 g/mol. The zero-order chi connectivity index (χ0) is 23.3. The maximum atomic E-state index is 12.0. The Morgan fingerprint density at radius 1 is 1.19 bits per heavy atom. The van der Waals surface area contributed by atoms with Crippen molar-refractivity contribution in [1.29, 1.82) is 0 Å². The topological polar surface area (TPSA) is 121 Å². The first-order chi connectivity index (χ1) is 15.2. The van der Waals surface area contributed by atoms with E-state index in [1.54, 1.807) is 13.2 Å². The molecule has 0 bridgehead atoms. The molecule has 1 saturated heterocycles. The molecule has 0 aliphatic carbocycles. The number of esters is 1. The molecule has 10 nitrogen and oxygen atoms in total. The van der Waals surface area contributed by atoms with E-state index in [1.807, 2.05) is 12.1 Å². The summed E-state index contributed by atoms with van der Waals surface area (Å²) < 4.78 is 4.52. The van der Waals surface area contributed by atoms with Crippen molar-refractivity contribution in [2.24, 2.45) is 0 Å². The van der Waals surface area contributed by atoms with Gasteiger partial charge < -0.3 is 25.7 Å². The number of carbonyl (C=O) groups excluding carboxylic acids is 2. The van der Waals surface area contributed by atoms with Crippen molar-refractivity contribution < 1.29 is 14.3 Å². The summed E-state index contributed by atoms with van der Waals surface area (Å²) in [5.41, 5.74) is 8.82. The predicted octanol–water partition coefficient (Wildman–Crippen LogP) is 2.25. The quantitative estimate of drug-likeness (QED) is 0.304. The monoisotopic (exact) mass is 441 g/mol. The highest BCUT2D eigenvalue weighted by Crippen LogP contribution is 2.27. The summed E-state index contributed by atoms with van der Waals surface area (Å²) in [5, 5.41) is 6.58. The van der Waals surface area contributed by atoms with Crippen LogP contribution in [0.5, 0.6) is 0 Å². The molecule has 1 fully saturated rings. The van der Waals surface area contributed by atoms with Gasteiger partial charge in [0.2, 0.25) is 5.95 Å². The van der Waals surface area contributed by atoms with Crippen LogP contribution in [0.4, 0.5) is 23.1 Å². The highest BCUT2D eigenvalue weighted by Gasteiger charge is 2.31. The maximum absolute atomic E-state index is 12.0. The van der Waals surface area contributed by atoms with Crippen LogP contribution >= 0.6 is 0 Å². The largest absolute Gasteiger partial charge is 0.462 e. The Morgan fingerprint density at radius 3 is 2.53 bits per heavy atom.